The van der Waals surface area contributed by atoms with Gasteiger partial charge < -0.3 is 9.13 Å². The highest BCUT2D eigenvalue weighted by molar-refractivity contribution is 6.29. The fourth-order valence-corrected chi connectivity index (χ4v) is 8.62. The maximum atomic E-state index is 5.27. The van der Waals surface area contributed by atoms with Crippen LogP contribution in [0.1, 0.15) is 0 Å². The average Bonchev–Trinajstić information content (AvgIpc) is 3.80. The first kappa shape index (κ1) is 32.0. The van der Waals surface area contributed by atoms with Crippen LogP contribution in [0.25, 0.3) is 99.8 Å². The average molecular weight is 714 g/mol. The van der Waals surface area contributed by atoms with E-state index in [0.29, 0.717) is 0 Å². The maximum Gasteiger partial charge on any atom is 0.0716 e. The van der Waals surface area contributed by atoms with Crippen molar-refractivity contribution in [2.75, 3.05) is 0 Å². The van der Waals surface area contributed by atoms with Crippen LogP contribution < -0.4 is 0 Å². The lowest BCUT2D eigenvalue weighted by atomic mass is 10.00. The molecule has 11 aromatic rings. The van der Waals surface area contributed by atoms with Crippen LogP contribution in [0.3, 0.4) is 0 Å². The molecule has 0 radical (unpaired) electrons. The van der Waals surface area contributed by atoms with Gasteiger partial charge in [-0.1, -0.05) is 158 Å². The van der Waals surface area contributed by atoms with Gasteiger partial charge in [0, 0.05) is 43.9 Å². The molecule has 0 spiro atoms. The first-order valence-electron chi connectivity index (χ1n) is 19.1. The normalized spacial score (nSPS) is 11.6. The Morgan fingerprint density at radius 1 is 0.304 bits per heavy atom. The standard InChI is InChI=1S/C53H35N3/c1-4-17-36(18-5-1)40-34-45(38-21-8-3-9-22-38)54-46(35-40)39-23-16-24-41(33-39)55-48-29-14-11-26-43(48)52-50(55)31-32-51-53(52)44-27-12-15-30-49(44)56(51)47-28-13-10-25-42(47)37-19-6-2-7-20-37/h1-35H. The summed E-state index contributed by atoms with van der Waals surface area (Å²) >= 11 is 0. The first-order chi connectivity index (χ1) is 27.8. The molecule has 0 aliphatic rings. The molecule has 0 saturated carbocycles. The van der Waals surface area contributed by atoms with Crippen molar-refractivity contribution in [2.24, 2.45) is 0 Å². The molecule has 3 heteroatoms. The molecule has 0 amide bonds. The monoisotopic (exact) mass is 713 g/mol. The minimum atomic E-state index is 0.940. The quantitative estimate of drug-likeness (QED) is 0.168. The SMILES string of the molecule is c1ccc(-c2cc(-c3ccccc3)nc(-c3cccc(-n4c5ccccc5c5c6c7ccccc7n(-c7ccccc7-c7ccccc7)c6ccc54)c3)c2)cc1. The number of benzene rings is 8. The zero-order chi connectivity index (χ0) is 37.0. The van der Waals surface area contributed by atoms with Crippen LogP contribution in [-0.2, 0) is 0 Å². The van der Waals surface area contributed by atoms with Gasteiger partial charge in [-0.15, -0.1) is 0 Å². The van der Waals surface area contributed by atoms with Gasteiger partial charge >= 0.3 is 0 Å². The van der Waals surface area contributed by atoms with Gasteiger partial charge in [0.25, 0.3) is 0 Å². The molecular weight excluding hydrogens is 679 g/mol. The highest BCUT2D eigenvalue weighted by Crippen LogP contribution is 2.44. The molecule has 0 fully saturated rings. The highest BCUT2D eigenvalue weighted by atomic mass is 15.0. The van der Waals surface area contributed by atoms with E-state index in [1.54, 1.807) is 0 Å². The molecule has 3 heterocycles. The minimum Gasteiger partial charge on any atom is -0.309 e. The van der Waals surface area contributed by atoms with E-state index < -0.39 is 0 Å². The molecule has 0 atom stereocenters. The van der Waals surface area contributed by atoms with E-state index in [0.717, 1.165) is 33.8 Å². The number of hydrogen-bond acceptors (Lipinski definition) is 1. The van der Waals surface area contributed by atoms with Crippen molar-refractivity contribution in [3.05, 3.63) is 212 Å². The number of nitrogens with zero attached hydrogens (tertiary/aromatic N) is 3. The van der Waals surface area contributed by atoms with Gasteiger partial charge in [0.2, 0.25) is 0 Å². The highest BCUT2D eigenvalue weighted by Gasteiger charge is 2.22. The molecule has 0 aliphatic carbocycles. The fraction of sp³-hybridized carbons (Fsp3) is 0. The summed E-state index contributed by atoms with van der Waals surface area (Å²) in [6.45, 7) is 0. The van der Waals surface area contributed by atoms with Gasteiger partial charge in [-0.05, 0) is 71.3 Å². The molecule has 11 rings (SSSR count). The molecule has 3 nitrogen and oxygen atoms in total. The molecule has 0 aliphatic heterocycles. The second kappa shape index (κ2) is 13.1. The molecule has 0 bridgehead atoms. The summed E-state index contributed by atoms with van der Waals surface area (Å²) in [5, 5.41) is 4.99. The maximum absolute atomic E-state index is 5.27. The molecule has 0 unspecified atom stereocenters. The van der Waals surface area contributed by atoms with Crippen molar-refractivity contribution < 1.29 is 0 Å². The number of fused-ring (bicyclic) bond motifs is 7. The van der Waals surface area contributed by atoms with E-state index in [9.17, 15) is 0 Å². The Labute approximate surface area is 325 Å². The van der Waals surface area contributed by atoms with Gasteiger partial charge in [-0.25, -0.2) is 4.98 Å². The number of hydrogen-bond donors (Lipinski definition) is 0. The molecule has 8 aromatic carbocycles. The third-order valence-corrected chi connectivity index (χ3v) is 11.1. The van der Waals surface area contributed by atoms with Crippen LogP contribution >= 0.6 is 0 Å². The Bertz CT molecular complexity index is 3170. The van der Waals surface area contributed by atoms with Gasteiger partial charge in [-0.3, -0.25) is 0 Å². The minimum absolute atomic E-state index is 0.940. The fourth-order valence-electron chi connectivity index (χ4n) is 8.62. The summed E-state index contributed by atoms with van der Waals surface area (Å²) in [6, 6.07) is 76.1. The van der Waals surface area contributed by atoms with E-state index in [2.05, 4.69) is 221 Å². The lowest BCUT2D eigenvalue weighted by Gasteiger charge is -2.14. The Morgan fingerprint density at radius 2 is 0.804 bits per heavy atom. The summed E-state index contributed by atoms with van der Waals surface area (Å²) in [7, 11) is 0. The van der Waals surface area contributed by atoms with Crippen molar-refractivity contribution in [1.82, 2.24) is 14.1 Å². The Hall–Kier alpha value is -7.49. The predicted octanol–water partition coefficient (Wildman–Crippen LogP) is 13.9. The summed E-state index contributed by atoms with van der Waals surface area (Å²) in [5.41, 5.74) is 15.8. The number of aromatic nitrogens is 3. The van der Waals surface area contributed by atoms with Crippen molar-refractivity contribution in [3.63, 3.8) is 0 Å². The van der Waals surface area contributed by atoms with Crippen molar-refractivity contribution in [3.8, 4) is 56.1 Å². The van der Waals surface area contributed by atoms with Crippen molar-refractivity contribution in [2.45, 2.75) is 0 Å². The van der Waals surface area contributed by atoms with Crippen LogP contribution in [0.15, 0.2) is 212 Å². The van der Waals surface area contributed by atoms with Crippen molar-refractivity contribution in [1.29, 1.82) is 0 Å². The number of para-hydroxylation sites is 3. The van der Waals surface area contributed by atoms with Gasteiger partial charge in [0.1, 0.15) is 0 Å². The van der Waals surface area contributed by atoms with Crippen LogP contribution in [0, 0.1) is 0 Å². The third-order valence-electron chi connectivity index (χ3n) is 11.1. The van der Waals surface area contributed by atoms with Crippen molar-refractivity contribution >= 4 is 43.6 Å². The Morgan fingerprint density at radius 3 is 1.48 bits per heavy atom. The predicted molar refractivity (Wildman–Crippen MR) is 235 cm³/mol. The lowest BCUT2D eigenvalue weighted by molar-refractivity contribution is 1.17. The molecule has 3 aromatic heterocycles. The zero-order valence-corrected chi connectivity index (χ0v) is 30.5. The Kier molecular flexibility index (Phi) is 7.49. The van der Waals surface area contributed by atoms with Crippen LogP contribution in [0.5, 0.6) is 0 Å². The Balaban J connectivity index is 1.15. The van der Waals surface area contributed by atoms with Crippen LogP contribution in [-0.4, -0.2) is 14.1 Å². The topological polar surface area (TPSA) is 22.8 Å². The molecule has 56 heavy (non-hydrogen) atoms. The first-order valence-corrected chi connectivity index (χ1v) is 19.1. The van der Waals surface area contributed by atoms with E-state index >= 15 is 0 Å². The molecule has 262 valence electrons. The van der Waals surface area contributed by atoms with Gasteiger partial charge in [-0.2, -0.15) is 0 Å². The van der Waals surface area contributed by atoms with Crippen LogP contribution in [0.2, 0.25) is 0 Å². The summed E-state index contributed by atoms with van der Waals surface area (Å²) in [6.07, 6.45) is 0. The summed E-state index contributed by atoms with van der Waals surface area (Å²) < 4.78 is 4.88. The smallest absolute Gasteiger partial charge is 0.0716 e. The molecular formula is C53H35N3. The second-order valence-corrected chi connectivity index (χ2v) is 14.4. The zero-order valence-electron chi connectivity index (χ0n) is 30.5. The van der Waals surface area contributed by atoms with E-state index in [4.69, 9.17) is 4.98 Å². The second-order valence-electron chi connectivity index (χ2n) is 14.4. The largest absolute Gasteiger partial charge is 0.309 e. The van der Waals surface area contributed by atoms with E-state index in [1.165, 1.54) is 66.0 Å². The van der Waals surface area contributed by atoms with E-state index in [1.807, 2.05) is 0 Å². The third kappa shape index (κ3) is 5.17. The molecule has 0 saturated heterocycles. The number of pyridine rings is 1. The van der Waals surface area contributed by atoms with E-state index in [-0.39, 0.29) is 0 Å². The molecule has 0 N–H and O–H groups in total. The summed E-state index contributed by atoms with van der Waals surface area (Å²) in [5.74, 6) is 0. The number of rotatable bonds is 6. The summed E-state index contributed by atoms with van der Waals surface area (Å²) in [4.78, 5) is 5.27. The van der Waals surface area contributed by atoms with Gasteiger partial charge in [0.05, 0.1) is 39.1 Å². The van der Waals surface area contributed by atoms with Gasteiger partial charge in [0.15, 0.2) is 0 Å². The van der Waals surface area contributed by atoms with Crippen LogP contribution in [0.4, 0.5) is 0 Å². The lowest BCUT2D eigenvalue weighted by Crippen LogP contribution is -1.97.